The maximum atomic E-state index is 8.73. The summed E-state index contributed by atoms with van der Waals surface area (Å²) < 4.78 is 2.10. The van der Waals surface area contributed by atoms with Crippen LogP contribution in [0.5, 0.6) is 0 Å². The van der Waals surface area contributed by atoms with Gasteiger partial charge in [-0.3, -0.25) is 0 Å². The summed E-state index contributed by atoms with van der Waals surface area (Å²) in [4.78, 5) is 4.29. The standard InChI is InChI=1S/C10H17N3O/c14-7-1-5-13-6-4-11-10(13)8-12-9-2-3-9/h4,6,9,12,14H,1-3,5,7-8H2. The van der Waals surface area contributed by atoms with Crippen LogP contribution in [0.15, 0.2) is 12.4 Å². The lowest BCUT2D eigenvalue weighted by Gasteiger charge is -2.07. The monoisotopic (exact) mass is 195 g/mol. The van der Waals surface area contributed by atoms with Gasteiger partial charge in [-0.25, -0.2) is 4.98 Å². The van der Waals surface area contributed by atoms with E-state index in [1.54, 1.807) is 0 Å². The van der Waals surface area contributed by atoms with E-state index in [0.29, 0.717) is 0 Å². The Hall–Kier alpha value is -0.870. The minimum Gasteiger partial charge on any atom is -0.396 e. The van der Waals surface area contributed by atoms with Gasteiger partial charge in [-0.2, -0.15) is 0 Å². The molecule has 2 rings (SSSR count). The molecule has 1 aromatic rings. The Labute approximate surface area is 84.0 Å². The van der Waals surface area contributed by atoms with E-state index in [1.807, 2.05) is 12.4 Å². The lowest BCUT2D eigenvalue weighted by atomic mass is 10.4. The molecule has 78 valence electrons. The molecule has 1 saturated carbocycles. The number of imidazole rings is 1. The molecule has 1 aliphatic carbocycles. The zero-order chi connectivity index (χ0) is 9.80. The molecule has 1 aromatic heterocycles. The molecule has 2 N–H and O–H groups in total. The summed E-state index contributed by atoms with van der Waals surface area (Å²) >= 11 is 0. The summed E-state index contributed by atoms with van der Waals surface area (Å²) in [5.41, 5.74) is 0. The highest BCUT2D eigenvalue weighted by atomic mass is 16.3. The summed E-state index contributed by atoms with van der Waals surface area (Å²) in [5, 5.41) is 12.2. The molecule has 1 aliphatic rings. The molecule has 0 radical (unpaired) electrons. The number of aliphatic hydroxyl groups excluding tert-OH is 1. The third-order valence-corrected chi connectivity index (χ3v) is 2.49. The Morgan fingerprint density at radius 2 is 2.43 bits per heavy atom. The number of nitrogens with zero attached hydrogens (tertiary/aromatic N) is 2. The van der Waals surface area contributed by atoms with E-state index in [2.05, 4.69) is 14.9 Å². The molecule has 0 amide bonds. The fourth-order valence-corrected chi connectivity index (χ4v) is 1.47. The van der Waals surface area contributed by atoms with Crippen molar-refractivity contribution in [3.8, 4) is 0 Å². The molecule has 0 aliphatic heterocycles. The second-order valence-corrected chi connectivity index (χ2v) is 3.77. The summed E-state index contributed by atoms with van der Waals surface area (Å²) in [6.07, 6.45) is 7.20. The van der Waals surface area contributed by atoms with Gasteiger partial charge >= 0.3 is 0 Å². The van der Waals surface area contributed by atoms with Gasteiger partial charge in [-0.1, -0.05) is 0 Å². The van der Waals surface area contributed by atoms with Crippen molar-refractivity contribution in [1.82, 2.24) is 14.9 Å². The number of nitrogens with one attached hydrogen (secondary N) is 1. The molecule has 4 heteroatoms. The van der Waals surface area contributed by atoms with Crippen molar-refractivity contribution >= 4 is 0 Å². The number of hydrogen-bond acceptors (Lipinski definition) is 3. The molecule has 0 aromatic carbocycles. The highest BCUT2D eigenvalue weighted by Gasteiger charge is 2.20. The average Bonchev–Trinajstić information content (AvgIpc) is 2.92. The lowest BCUT2D eigenvalue weighted by molar-refractivity contribution is 0.279. The number of aryl methyl sites for hydroxylation is 1. The zero-order valence-corrected chi connectivity index (χ0v) is 8.32. The van der Waals surface area contributed by atoms with Crippen molar-refractivity contribution in [2.24, 2.45) is 0 Å². The quantitative estimate of drug-likeness (QED) is 0.695. The van der Waals surface area contributed by atoms with Crippen molar-refractivity contribution in [3.63, 3.8) is 0 Å². The molecule has 4 nitrogen and oxygen atoms in total. The first-order valence-electron chi connectivity index (χ1n) is 5.24. The van der Waals surface area contributed by atoms with E-state index in [4.69, 9.17) is 5.11 Å². The molecule has 1 fully saturated rings. The molecule has 0 unspecified atom stereocenters. The largest absolute Gasteiger partial charge is 0.396 e. The van der Waals surface area contributed by atoms with Gasteiger partial charge in [-0.15, -0.1) is 0 Å². The van der Waals surface area contributed by atoms with Crippen LogP contribution >= 0.6 is 0 Å². The van der Waals surface area contributed by atoms with Crippen molar-refractivity contribution in [3.05, 3.63) is 18.2 Å². The van der Waals surface area contributed by atoms with Crippen molar-refractivity contribution in [2.75, 3.05) is 6.61 Å². The van der Waals surface area contributed by atoms with E-state index in [1.165, 1.54) is 12.8 Å². The first-order valence-corrected chi connectivity index (χ1v) is 5.24. The fraction of sp³-hybridized carbons (Fsp3) is 0.700. The minimum atomic E-state index is 0.244. The zero-order valence-electron chi connectivity index (χ0n) is 8.32. The maximum Gasteiger partial charge on any atom is 0.122 e. The highest BCUT2D eigenvalue weighted by molar-refractivity contribution is 4.94. The van der Waals surface area contributed by atoms with Gasteiger partial charge in [0.15, 0.2) is 0 Å². The van der Waals surface area contributed by atoms with Gasteiger partial charge in [0.2, 0.25) is 0 Å². The predicted molar refractivity (Wildman–Crippen MR) is 53.8 cm³/mol. The first kappa shape index (κ1) is 9.68. The lowest BCUT2D eigenvalue weighted by Crippen LogP contribution is -2.19. The fourth-order valence-electron chi connectivity index (χ4n) is 1.47. The van der Waals surface area contributed by atoms with Crippen LogP contribution in [-0.2, 0) is 13.1 Å². The van der Waals surface area contributed by atoms with E-state index in [0.717, 1.165) is 31.4 Å². The summed E-state index contributed by atoms with van der Waals surface area (Å²) in [5.74, 6) is 1.07. The van der Waals surface area contributed by atoms with Crippen LogP contribution in [0, 0.1) is 0 Å². The SMILES string of the molecule is OCCCn1ccnc1CNC1CC1. The molecule has 0 bridgehead atoms. The van der Waals surface area contributed by atoms with E-state index >= 15 is 0 Å². The topological polar surface area (TPSA) is 50.1 Å². The number of aromatic nitrogens is 2. The smallest absolute Gasteiger partial charge is 0.122 e. The van der Waals surface area contributed by atoms with Gasteiger partial charge in [-0.05, 0) is 19.3 Å². The summed E-state index contributed by atoms with van der Waals surface area (Å²) in [6.45, 7) is 1.95. The van der Waals surface area contributed by atoms with Gasteiger partial charge in [0.25, 0.3) is 0 Å². The Kier molecular flexibility index (Phi) is 3.16. The molecule has 0 saturated heterocycles. The summed E-state index contributed by atoms with van der Waals surface area (Å²) in [6, 6.07) is 0.720. The van der Waals surface area contributed by atoms with Crippen LogP contribution in [0.3, 0.4) is 0 Å². The number of hydrogen-bond donors (Lipinski definition) is 2. The molecule has 0 atom stereocenters. The molecule has 1 heterocycles. The summed E-state index contributed by atoms with van der Waals surface area (Å²) in [7, 11) is 0. The maximum absolute atomic E-state index is 8.73. The third-order valence-electron chi connectivity index (χ3n) is 2.49. The van der Waals surface area contributed by atoms with Gasteiger partial charge in [0, 0.05) is 31.6 Å². The Morgan fingerprint density at radius 1 is 1.57 bits per heavy atom. The Balaban J connectivity index is 1.83. The second kappa shape index (κ2) is 4.57. The molecule has 14 heavy (non-hydrogen) atoms. The second-order valence-electron chi connectivity index (χ2n) is 3.77. The van der Waals surface area contributed by atoms with Gasteiger partial charge in [0.05, 0.1) is 6.54 Å². The Bertz CT molecular complexity index is 281. The van der Waals surface area contributed by atoms with E-state index < -0.39 is 0 Å². The van der Waals surface area contributed by atoms with Crippen molar-refractivity contribution < 1.29 is 5.11 Å². The van der Waals surface area contributed by atoms with Gasteiger partial charge in [0.1, 0.15) is 5.82 Å². The number of aliphatic hydroxyl groups is 1. The predicted octanol–water partition coefficient (Wildman–Crippen LogP) is 0.517. The number of rotatable bonds is 6. The first-order chi connectivity index (χ1) is 6.90. The Morgan fingerprint density at radius 3 is 3.14 bits per heavy atom. The molecular formula is C10H17N3O. The van der Waals surface area contributed by atoms with Crippen LogP contribution in [0.2, 0.25) is 0 Å². The third kappa shape index (κ3) is 2.56. The molecular weight excluding hydrogens is 178 g/mol. The van der Waals surface area contributed by atoms with Crippen LogP contribution in [0.25, 0.3) is 0 Å². The van der Waals surface area contributed by atoms with E-state index in [-0.39, 0.29) is 6.61 Å². The van der Waals surface area contributed by atoms with Crippen molar-refractivity contribution in [1.29, 1.82) is 0 Å². The average molecular weight is 195 g/mol. The van der Waals surface area contributed by atoms with Crippen LogP contribution < -0.4 is 5.32 Å². The van der Waals surface area contributed by atoms with E-state index in [9.17, 15) is 0 Å². The highest BCUT2D eigenvalue weighted by Crippen LogP contribution is 2.19. The van der Waals surface area contributed by atoms with Crippen LogP contribution in [0.4, 0.5) is 0 Å². The van der Waals surface area contributed by atoms with Gasteiger partial charge < -0.3 is 15.0 Å². The van der Waals surface area contributed by atoms with Crippen molar-refractivity contribution in [2.45, 2.75) is 38.4 Å². The van der Waals surface area contributed by atoms with Crippen LogP contribution in [-0.4, -0.2) is 27.3 Å². The van der Waals surface area contributed by atoms with Crippen LogP contribution in [0.1, 0.15) is 25.1 Å². The minimum absolute atomic E-state index is 0.244. The normalized spacial score (nSPS) is 16.1. The molecule has 0 spiro atoms.